The minimum Gasteiger partial charge on any atom is -0.356 e. The fourth-order valence-corrected chi connectivity index (χ4v) is 2.75. The molecule has 27 heavy (non-hydrogen) atoms. The Morgan fingerprint density at radius 3 is 2.74 bits per heavy atom. The molecular weight excluding hydrogens is 475 g/mol. The van der Waals surface area contributed by atoms with E-state index in [1.54, 1.807) is 24.1 Å². The Morgan fingerprint density at radius 2 is 2.00 bits per heavy atom. The molecule has 2 N–H and O–H groups in total. The van der Waals surface area contributed by atoms with Crippen molar-refractivity contribution < 1.29 is 0 Å². The maximum absolute atomic E-state index is 6.19. The van der Waals surface area contributed by atoms with Gasteiger partial charge in [0.15, 0.2) is 11.8 Å². The third kappa shape index (κ3) is 6.21. The fourth-order valence-electron chi connectivity index (χ4n) is 2.52. The number of hydrogen-bond acceptors (Lipinski definition) is 3. The summed E-state index contributed by atoms with van der Waals surface area (Å²) >= 11 is 6.19. The van der Waals surface area contributed by atoms with Gasteiger partial charge in [0.2, 0.25) is 0 Å². The van der Waals surface area contributed by atoms with Gasteiger partial charge in [-0.1, -0.05) is 29.8 Å². The van der Waals surface area contributed by atoms with Gasteiger partial charge in [-0.3, -0.25) is 4.99 Å². The highest BCUT2D eigenvalue weighted by Crippen LogP contribution is 2.14. The first-order valence-corrected chi connectivity index (χ1v) is 8.77. The summed E-state index contributed by atoms with van der Waals surface area (Å²) in [5.74, 6) is 1.53. The number of nitrogens with one attached hydrogen (secondary N) is 2. The summed E-state index contributed by atoms with van der Waals surface area (Å²) in [5.41, 5.74) is 2.22. The van der Waals surface area contributed by atoms with Crippen LogP contribution in [0.2, 0.25) is 5.02 Å². The Labute approximate surface area is 181 Å². The molecule has 3 rings (SSSR count). The molecule has 0 amide bonds. The van der Waals surface area contributed by atoms with Gasteiger partial charge in [-0.25, -0.2) is 9.67 Å². The Bertz CT molecular complexity index is 866. The molecule has 3 aromatic rings. The molecule has 2 heterocycles. The zero-order valence-electron chi connectivity index (χ0n) is 15.0. The lowest BCUT2D eigenvalue weighted by Gasteiger charge is -2.13. The van der Waals surface area contributed by atoms with Crippen LogP contribution in [-0.4, -0.2) is 34.3 Å². The first-order chi connectivity index (χ1) is 12.8. The van der Waals surface area contributed by atoms with Crippen LogP contribution < -0.4 is 10.6 Å². The molecule has 8 heteroatoms. The monoisotopic (exact) mass is 496 g/mol. The number of halogens is 2. The maximum Gasteiger partial charge on any atom is 0.191 e. The van der Waals surface area contributed by atoms with Crippen LogP contribution in [0.4, 0.5) is 0 Å². The van der Waals surface area contributed by atoms with Crippen LogP contribution in [-0.2, 0) is 13.0 Å². The van der Waals surface area contributed by atoms with Crippen LogP contribution in [0, 0.1) is 0 Å². The van der Waals surface area contributed by atoms with E-state index in [0.717, 1.165) is 40.9 Å². The second kappa shape index (κ2) is 10.9. The normalized spacial score (nSPS) is 11.0. The Balaban J connectivity index is 0.00000261. The SMILES string of the molecule is CN=C(NCCc1ccccc1Cl)NCc1ccnc(-n2cccn2)c1.I. The number of rotatable bonds is 6. The predicted octanol–water partition coefficient (Wildman–Crippen LogP) is 3.45. The molecule has 0 aliphatic carbocycles. The summed E-state index contributed by atoms with van der Waals surface area (Å²) in [6.07, 6.45) is 6.22. The molecule has 0 radical (unpaired) electrons. The zero-order chi connectivity index (χ0) is 18.2. The van der Waals surface area contributed by atoms with Gasteiger partial charge in [-0.15, -0.1) is 24.0 Å². The summed E-state index contributed by atoms with van der Waals surface area (Å²) in [4.78, 5) is 8.59. The van der Waals surface area contributed by atoms with Gasteiger partial charge in [0.1, 0.15) is 0 Å². The van der Waals surface area contributed by atoms with Gasteiger partial charge in [-0.05, 0) is 41.8 Å². The highest BCUT2D eigenvalue weighted by molar-refractivity contribution is 14.0. The van der Waals surface area contributed by atoms with Crippen molar-refractivity contribution in [3.05, 3.63) is 77.2 Å². The van der Waals surface area contributed by atoms with Gasteiger partial charge in [0.05, 0.1) is 0 Å². The van der Waals surface area contributed by atoms with Crippen molar-refractivity contribution in [2.24, 2.45) is 4.99 Å². The van der Waals surface area contributed by atoms with Gasteiger partial charge < -0.3 is 10.6 Å². The Hall–Kier alpha value is -2.13. The first-order valence-electron chi connectivity index (χ1n) is 8.39. The minimum absolute atomic E-state index is 0. The van der Waals surface area contributed by atoms with Crippen LogP contribution in [0.5, 0.6) is 0 Å². The van der Waals surface area contributed by atoms with Crippen LogP contribution in [0.15, 0.2) is 66.0 Å². The Kier molecular flexibility index (Phi) is 8.53. The minimum atomic E-state index is 0. The molecule has 0 atom stereocenters. The molecule has 142 valence electrons. The Morgan fingerprint density at radius 1 is 1.15 bits per heavy atom. The van der Waals surface area contributed by atoms with E-state index < -0.39 is 0 Å². The number of guanidine groups is 1. The summed E-state index contributed by atoms with van der Waals surface area (Å²) in [5, 5.41) is 11.6. The molecule has 0 aliphatic rings. The van der Waals surface area contributed by atoms with Crippen molar-refractivity contribution in [2.75, 3.05) is 13.6 Å². The smallest absolute Gasteiger partial charge is 0.191 e. The van der Waals surface area contributed by atoms with Gasteiger partial charge >= 0.3 is 0 Å². The summed E-state index contributed by atoms with van der Waals surface area (Å²) < 4.78 is 1.74. The summed E-state index contributed by atoms with van der Waals surface area (Å²) in [6.45, 7) is 1.39. The highest BCUT2D eigenvalue weighted by Gasteiger charge is 2.03. The van der Waals surface area contributed by atoms with Crippen molar-refractivity contribution in [2.45, 2.75) is 13.0 Å². The van der Waals surface area contributed by atoms with Crippen LogP contribution >= 0.6 is 35.6 Å². The fraction of sp³-hybridized carbons (Fsp3) is 0.211. The van der Waals surface area contributed by atoms with Crippen LogP contribution in [0.25, 0.3) is 5.82 Å². The van der Waals surface area contributed by atoms with Crippen molar-refractivity contribution in [1.29, 1.82) is 0 Å². The lowest BCUT2D eigenvalue weighted by Crippen LogP contribution is -2.37. The standard InChI is InChI=1S/C19H21ClN6.HI/c1-21-19(23-11-8-16-5-2-3-6-17(16)20)24-14-15-7-10-22-18(13-15)26-12-4-9-25-26;/h2-7,9-10,12-13H,8,11,14H2,1H3,(H2,21,23,24);1H. The molecule has 0 fully saturated rings. The van der Waals surface area contributed by atoms with E-state index in [2.05, 4.69) is 25.7 Å². The third-order valence-corrected chi connectivity index (χ3v) is 4.25. The maximum atomic E-state index is 6.19. The number of pyridine rings is 1. The number of aromatic nitrogens is 3. The molecule has 2 aromatic heterocycles. The topological polar surface area (TPSA) is 67.1 Å². The second-order valence-corrected chi connectivity index (χ2v) is 6.07. The summed E-state index contributed by atoms with van der Waals surface area (Å²) in [6, 6.07) is 13.7. The summed E-state index contributed by atoms with van der Waals surface area (Å²) in [7, 11) is 1.76. The van der Waals surface area contributed by atoms with Gasteiger partial charge in [0, 0.05) is 43.8 Å². The number of hydrogen-bond donors (Lipinski definition) is 2. The van der Waals surface area contributed by atoms with Crippen molar-refractivity contribution >= 4 is 41.5 Å². The van der Waals surface area contributed by atoms with E-state index in [0.29, 0.717) is 6.54 Å². The molecule has 1 aromatic carbocycles. The van der Waals surface area contributed by atoms with Gasteiger partial charge in [-0.2, -0.15) is 5.10 Å². The average Bonchev–Trinajstić information content (AvgIpc) is 3.21. The first kappa shape index (κ1) is 21.2. The number of benzene rings is 1. The number of nitrogens with zero attached hydrogens (tertiary/aromatic N) is 4. The van der Waals surface area contributed by atoms with Crippen molar-refractivity contribution in [3.63, 3.8) is 0 Å². The molecule has 0 unspecified atom stereocenters. The third-order valence-electron chi connectivity index (χ3n) is 3.88. The molecule has 0 aliphatic heterocycles. The van der Waals surface area contributed by atoms with E-state index >= 15 is 0 Å². The molecule has 0 bridgehead atoms. The lowest BCUT2D eigenvalue weighted by molar-refractivity contribution is 0.789. The van der Waals surface area contributed by atoms with Crippen LogP contribution in [0.3, 0.4) is 0 Å². The lowest BCUT2D eigenvalue weighted by atomic mass is 10.1. The van der Waals surface area contributed by atoms with E-state index in [4.69, 9.17) is 11.6 Å². The van der Waals surface area contributed by atoms with E-state index in [9.17, 15) is 0 Å². The predicted molar refractivity (Wildman–Crippen MR) is 120 cm³/mol. The van der Waals surface area contributed by atoms with Crippen LogP contribution in [0.1, 0.15) is 11.1 Å². The molecule has 0 spiro atoms. The largest absolute Gasteiger partial charge is 0.356 e. The molecule has 6 nitrogen and oxygen atoms in total. The van der Waals surface area contributed by atoms with E-state index in [-0.39, 0.29) is 24.0 Å². The molecular formula is C19H22ClIN6. The van der Waals surface area contributed by atoms with E-state index in [1.165, 1.54) is 0 Å². The molecule has 0 saturated carbocycles. The number of aliphatic imine (C=N–C) groups is 1. The zero-order valence-corrected chi connectivity index (χ0v) is 18.1. The quantitative estimate of drug-likeness (QED) is 0.312. The van der Waals surface area contributed by atoms with Crippen molar-refractivity contribution in [1.82, 2.24) is 25.4 Å². The van der Waals surface area contributed by atoms with E-state index in [1.807, 2.05) is 48.7 Å². The molecule has 0 saturated heterocycles. The van der Waals surface area contributed by atoms with Crippen molar-refractivity contribution in [3.8, 4) is 5.82 Å². The second-order valence-electron chi connectivity index (χ2n) is 5.67. The average molecular weight is 497 g/mol. The van der Waals surface area contributed by atoms with Gasteiger partial charge in [0.25, 0.3) is 0 Å². The highest BCUT2D eigenvalue weighted by atomic mass is 127.